The monoisotopic (exact) mass is 263 g/mol. The predicted molar refractivity (Wildman–Crippen MR) is 79.8 cm³/mol. The molecule has 1 unspecified atom stereocenters. The van der Waals surface area contributed by atoms with Crippen molar-refractivity contribution in [1.29, 1.82) is 0 Å². The largest absolute Gasteiger partial charge is 0.359 e. The third kappa shape index (κ3) is 3.56. The lowest BCUT2D eigenvalue weighted by Crippen LogP contribution is -2.29. The molecule has 106 valence electrons. The highest BCUT2D eigenvalue weighted by Crippen LogP contribution is 2.19. The smallest absolute Gasteiger partial charge is 0.134 e. The van der Waals surface area contributed by atoms with Crippen molar-refractivity contribution >= 4 is 11.6 Å². The van der Waals surface area contributed by atoms with Gasteiger partial charge in [-0.2, -0.15) is 0 Å². The van der Waals surface area contributed by atoms with Gasteiger partial charge in [0.25, 0.3) is 0 Å². The maximum atomic E-state index is 4.39. The number of anilines is 2. The summed E-state index contributed by atoms with van der Waals surface area (Å²) in [6, 6.07) is 2.51. The molecule has 19 heavy (non-hydrogen) atoms. The SMILES string of the molecule is CC(C)N(C)c1cc(N(C)CC2CCNC2)ncn1. The van der Waals surface area contributed by atoms with E-state index in [0.29, 0.717) is 6.04 Å². The van der Waals surface area contributed by atoms with E-state index < -0.39 is 0 Å². The van der Waals surface area contributed by atoms with Crippen LogP contribution < -0.4 is 15.1 Å². The fraction of sp³-hybridized carbons (Fsp3) is 0.714. The molecule has 1 atom stereocenters. The summed E-state index contributed by atoms with van der Waals surface area (Å²) in [6.07, 6.45) is 2.92. The molecule has 1 N–H and O–H groups in total. The number of hydrogen-bond acceptors (Lipinski definition) is 5. The van der Waals surface area contributed by atoms with E-state index in [1.807, 2.05) is 0 Å². The van der Waals surface area contributed by atoms with Gasteiger partial charge in [0.2, 0.25) is 0 Å². The lowest BCUT2D eigenvalue weighted by atomic mass is 10.1. The number of rotatable bonds is 5. The summed E-state index contributed by atoms with van der Waals surface area (Å²) in [5, 5.41) is 3.41. The third-order valence-electron chi connectivity index (χ3n) is 3.86. The maximum Gasteiger partial charge on any atom is 0.134 e. The highest BCUT2D eigenvalue weighted by atomic mass is 15.2. The molecule has 2 rings (SSSR count). The van der Waals surface area contributed by atoms with Crippen molar-refractivity contribution in [3.8, 4) is 0 Å². The molecule has 1 aliphatic heterocycles. The van der Waals surface area contributed by atoms with Crippen LogP contribution in [0.5, 0.6) is 0 Å². The van der Waals surface area contributed by atoms with Crippen LogP contribution in [0.2, 0.25) is 0 Å². The van der Waals surface area contributed by atoms with Crippen LogP contribution >= 0.6 is 0 Å². The van der Waals surface area contributed by atoms with Crippen molar-refractivity contribution < 1.29 is 0 Å². The van der Waals surface area contributed by atoms with Gasteiger partial charge in [0.1, 0.15) is 18.0 Å². The number of aromatic nitrogens is 2. The zero-order chi connectivity index (χ0) is 13.8. The van der Waals surface area contributed by atoms with Crippen molar-refractivity contribution in [2.45, 2.75) is 26.3 Å². The number of nitrogens with zero attached hydrogens (tertiary/aromatic N) is 4. The molecule has 0 radical (unpaired) electrons. The van der Waals surface area contributed by atoms with Gasteiger partial charge in [-0.3, -0.25) is 0 Å². The average Bonchev–Trinajstić information content (AvgIpc) is 2.90. The fourth-order valence-electron chi connectivity index (χ4n) is 2.35. The van der Waals surface area contributed by atoms with E-state index in [0.717, 1.165) is 37.2 Å². The molecule has 5 heteroatoms. The van der Waals surface area contributed by atoms with Crippen LogP contribution in [0.1, 0.15) is 20.3 Å². The summed E-state index contributed by atoms with van der Waals surface area (Å²) in [4.78, 5) is 13.1. The normalized spacial score (nSPS) is 18.9. The third-order valence-corrected chi connectivity index (χ3v) is 3.86. The Morgan fingerprint density at radius 3 is 2.68 bits per heavy atom. The van der Waals surface area contributed by atoms with Crippen LogP contribution in [0.4, 0.5) is 11.6 Å². The Kier molecular flexibility index (Phi) is 4.58. The second-order valence-electron chi connectivity index (χ2n) is 5.68. The summed E-state index contributed by atoms with van der Waals surface area (Å²) in [6.45, 7) is 7.64. The first-order valence-corrected chi connectivity index (χ1v) is 7.04. The van der Waals surface area contributed by atoms with Gasteiger partial charge >= 0.3 is 0 Å². The molecule has 0 saturated carbocycles. The molecule has 0 bridgehead atoms. The predicted octanol–water partition coefficient (Wildman–Crippen LogP) is 1.37. The minimum Gasteiger partial charge on any atom is -0.359 e. The standard InChI is InChI=1S/C14H25N5/c1-11(2)19(4)14-7-13(16-10-17-14)18(3)9-12-5-6-15-8-12/h7,10-12,15H,5-6,8-9H2,1-4H3. The van der Waals surface area contributed by atoms with E-state index in [1.165, 1.54) is 6.42 Å². The van der Waals surface area contributed by atoms with Gasteiger partial charge in [0.05, 0.1) is 0 Å². The molecule has 1 aromatic heterocycles. The molecule has 0 aliphatic carbocycles. The van der Waals surface area contributed by atoms with E-state index in [9.17, 15) is 0 Å². The highest BCUT2D eigenvalue weighted by Gasteiger charge is 2.17. The van der Waals surface area contributed by atoms with Crippen molar-refractivity contribution in [2.24, 2.45) is 5.92 Å². The Bertz CT molecular complexity index is 401. The lowest BCUT2D eigenvalue weighted by molar-refractivity contribution is 0.575. The van der Waals surface area contributed by atoms with Crippen LogP contribution in [0.25, 0.3) is 0 Å². The zero-order valence-electron chi connectivity index (χ0n) is 12.4. The Morgan fingerprint density at radius 2 is 2.05 bits per heavy atom. The van der Waals surface area contributed by atoms with E-state index >= 15 is 0 Å². The molecule has 0 spiro atoms. The first-order chi connectivity index (χ1) is 9.08. The Hall–Kier alpha value is -1.36. The molecule has 0 amide bonds. The molecule has 1 saturated heterocycles. The van der Waals surface area contributed by atoms with E-state index in [2.05, 4.69) is 59.1 Å². The summed E-state index contributed by atoms with van der Waals surface area (Å²) < 4.78 is 0. The summed E-state index contributed by atoms with van der Waals surface area (Å²) in [5.41, 5.74) is 0. The maximum absolute atomic E-state index is 4.39. The quantitative estimate of drug-likeness (QED) is 0.869. The van der Waals surface area contributed by atoms with Gasteiger partial charge in [0, 0.05) is 32.7 Å². The minimum atomic E-state index is 0.437. The molecule has 5 nitrogen and oxygen atoms in total. The van der Waals surface area contributed by atoms with Gasteiger partial charge < -0.3 is 15.1 Å². The van der Waals surface area contributed by atoms with Crippen molar-refractivity contribution in [3.05, 3.63) is 12.4 Å². The Morgan fingerprint density at radius 1 is 1.32 bits per heavy atom. The van der Waals surface area contributed by atoms with Crippen LogP contribution in [0.3, 0.4) is 0 Å². The fourth-order valence-corrected chi connectivity index (χ4v) is 2.35. The highest BCUT2D eigenvalue weighted by molar-refractivity contribution is 5.49. The summed E-state index contributed by atoms with van der Waals surface area (Å²) in [7, 11) is 4.18. The van der Waals surface area contributed by atoms with Gasteiger partial charge in [0.15, 0.2) is 0 Å². The molecule has 1 aromatic rings. The van der Waals surface area contributed by atoms with Crippen molar-refractivity contribution in [3.63, 3.8) is 0 Å². The Balaban J connectivity index is 2.04. The molecule has 1 aliphatic rings. The van der Waals surface area contributed by atoms with Crippen molar-refractivity contribution in [2.75, 3.05) is 43.5 Å². The van der Waals surface area contributed by atoms with Crippen LogP contribution in [-0.2, 0) is 0 Å². The molecule has 1 fully saturated rings. The van der Waals surface area contributed by atoms with E-state index in [1.54, 1.807) is 6.33 Å². The van der Waals surface area contributed by atoms with Crippen LogP contribution in [0, 0.1) is 5.92 Å². The van der Waals surface area contributed by atoms with Gasteiger partial charge in [-0.1, -0.05) is 0 Å². The summed E-state index contributed by atoms with van der Waals surface area (Å²) in [5.74, 6) is 2.71. The van der Waals surface area contributed by atoms with Gasteiger partial charge in [-0.25, -0.2) is 9.97 Å². The van der Waals surface area contributed by atoms with E-state index in [4.69, 9.17) is 0 Å². The average molecular weight is 263 g/mol. The van der Waals surface area contributed by atoms with Crippen LogP contribution in [-0.4, -0.2) is 49.7 Å². The van der Waals surface area contributed by atoms with Gasteiger partial charge in [-0.15, -0.1) is 0 Å². The van der Waals surface area contributed by atoms with Crippen molar-refractivity contribution in [1.82, 2.24) is 15.3 Å². The summed E-state index contributed by atoms with van der Waals surface area (Å²) >= 11 is 0. The zero-order valence-corrected chi connectivity index (χ0v) is 12.4. The molecule has 0 aromatic carbocycles. The number of nitrogens with one attached hydrogen (secondary N) is 1. The van der Waals surface area contributed by atoms with Crippen LogP contribution in [0.15, 0.2) is 12.4 Å². The molecular weight excluding hydrogens is 238 g/mol. The molecule has 2 heterocycles. The van der Waals surface area contributed by atoms with E-state index in [-0.39, 0.29) is 0 Å². The second kappa shape index (κ2) is 6.19. The second-order valence-corrected chi connectivity index (χ2v) is 5.68. The topological polar surface area (TPSA) is 44.3 Å². The minimum absolute atomic E-state index is 0.437. The molecular formula is C14H25N5. The first-order valence-electron chi connectivity index (χ1n) is 7.04. The van der Waals surface area contributed by atoms with Gasteiger partial charge in [-0.05, 0) is 39.3 Å². The Labute approximate surface area is 116 Å². The first kappa shape index (κ1) is 14.1. The lowest BCUT2D eigenvalue weighted by Gasteiger charge is -2.25. The number of hydrogen-bond donors (Lipinski definition) is 1.